The SMILES string of the molecule is CCc1cc(C(=O)Cc2ccncc2Cl)n(C)n1. The van der Waals surface area contributed by atoms with Gasteiger partial charge in [-0.2, -0.15) is 5.10 Å². The van der Waals surface area contributed by atoms with Crippen LogP contribution in [0.4, 0.5) is 0 Å². The van der Waals surface area contributed by atoms with Gasteiger partial charge in [-0.15, -0.1) is 0 Å². The van der Waals surface area contributed by atoms with E-state index >= 15 is 0 Å². The normalized spacial score (nSPS) is 10.6. The maximum absolute atomic E-state index is 12.2. The molecular formula is C13H14ClN3O. The van der Waals surface area contributed by atoms with Crippen molar-refractivity contribution in [3.05, 3.63) is 46.5 Å². The third-order valence-corrected chi connectivity index (χ3v) is 3.13. The van der Waals surface area contributed by atoms with Crippen LogP contribution >= 0.6 is 11.6 Å². The summed E-state index contributed by atoms with van der Waals surface area (Å²) in [7, 11) is 1.78. The van der Waals surface area contributed by atoms with E-state index in [9.17, 15) is 4.79 Å². The number of rotatable bonds is 4. The standard InChI is InChI=1S/C13H14ClN3O/c1-3-10-7-12(17(2)16-10)13(18)6-9-4-5-15-8-11(9)14/h4-5,7-8H,3,6H2,1-2H3. The lowest BCUT2D eigenvalue weighted by molar-refractivity contribution is 0.0984. The van der Waals surface area contributed by atoms with Crippen molar-refractivity contribution in [2.75, 3.05) is 0 Å². The summed E-state index contributed by atoms with van der Waals surface area (Å²) in [6.45, 7) is 2.01. The van der Waals surface area contributed by atoms with Crippen LogP contribution < -0.4 is 0 Å². The molecule has 2 aromatic rings. The predicted molar refractivity (Wildman–Crippen MR) is 69.9 cm³/mol. The van der Waals surface area contributed by atoms with Gasteiger partial charge in [-0.25, -0.2) is 0 Å². The Morgan fingerprint density at radius 2 is 2.28 bits per heavy atom. The average molecular weight is 264 g/mol. The van der Waals surface area contributed by atoms with Crippen molar-refractivity contribution in [2.24, 2.45) is 7.05 Å². The molecule has 0 aliphatic carbocycles. The van der Waals surface area contributed by atoms with Gasteiger partial charge in [0.25, 0.3) is 0 Å². The second-order valence-electron chi connectivity index (χ2n) is 4.07. The summed E-state index contributed by atoms with van der Waals surface area (Å²) in [6.07, 6.45) is 4.27. The van der Waals surface area contributed by atoms with Gasteiger partial charge >= 0.3 is 0 Å². The Kier molecular flexibility index (Phi) is 3.77. The van der Waals surface area contributed by atoms with Crippen molar-refractivity contribution in [3.63, 3.8) is 0 Å². The molecule has 94 valence electrons. The highest BCUT2D eigenvalue weighted by atomic mass is 35.5. The van der Waals surface area contributed by atoms with E-state index in [0.717, 1.165) is 17.7 Å². The van der Waals surface area contributed by atoms with Crippen LogP contribution in [0.15, 0.2) is 24.5 Å². The molecule has 0 aliphatic heterocycles. The Balaban J connectivity index is 2.22. The Bertz CT molecular complexity index is 577. The number of nitrogens with zero attached hydrogens (tertiary/aromatic N) is 3. The molecule has 2 rings (SSSR count). The Morgan fingerprint density at radius 1 is 1.50 bits per heavy atom. The van der Waals surface area contributed by atoms with Crippen molar-refractivity contribution in [1.29, 1.82) is 0 Å². The Labute approximate surface area is 111 Å². The van der Waals surface area contributed by atoms with Gasteiger partial charge in [0.2, 0.25) is 0 Å². The fourth-order valence-electron chi connectivity index (χ4n) is 1.77. The van der Waals surface area contributed by atoms with E-state index in [1.165, 1.54) is 0 Å². The topological polar surface area (TPSA) is 47.8 Å². The fraction of sp³-hybridized carbons (Fsp3) is 0.308. The molecular weight excluding hydrogens is 250 g/mol. The summed E-state index contributed by atoms with van der Waals surface area (Å²) in [5.41, 5.74) is 2.32. The van der Waals surface area contributed by atoms with Crippen LogP contribution in [0, 0.1) is 0 Å². The number of halogens is 1. The molecule has 0 bridgehead atoms. The fourth-order valence-corrected chi connectivity index (χ4v) is 1.96. The third-order valence-electron chi connectivity index (χ3n) is 2.79. The molecule has 0 atom stereocenters. The van der Waals surface area contributed by atoms with Crippen LogP contribution in [0.5, 0.6) is 0 Å². The van der Waals surface area contributed by atoms with E-state index in [-0.39, 0.29) is 12.2 Å². The number of carbonyl (C=O) groups excluding carboxylic acids is 1. The average Bonchev–Trinajstić information content (AvgIpc) is 2.73. The lowest BCUT2D eigenvalue weighted by Gasteiger charge is -2.03. The minimum Gasteiger partial charge on any atom is -0.292 e. The van der Waals surface area contributed by atoms with Crippen LogP contribution in [0.1, 0.15) is 28.7 Å². The highest BCUT2D eigenvalue weighted by Crippen LogP contribution is 2.16. The van der Waals surface area contributed by atoms with Gasteiger partial charge in [0.1, 0.15) is 5.69 Å². The number of Topliss-reactive ketones (excluding diaryl/α,β-unsaturated/α-hetero) is 1. The van der Waals surface area contributed by atoms with Crippen molar-refractivity contribution >= 4 is 17.4 Å². The molecule has 0 fully saturated rings. The molecule has 0 amide bonds. The minimum atomic E-state index is 0.0119. The summed E-state index contributed by atoms with van der Waals surface area (Å²) >= 11 is 5.99. The molecule has 0 aliphatic rings. The molecule has 0 unspecified atom stereocenters. The number of hydrogen-bond donors (Lipinski definition) is 0. The van der Waals surface area contributed by atoms with E-state index in [0.29, 0.717) is 10.7 Å². The van der Waals surface area contributed by atoms with Gasteiger partial charge < -0.3 is 0 Å². The zero-order valence-corrected chi connectivity index (χ0v) is 11.1. The second-order valence-corrected chi connectivity index (χ2v) is 4.47. The first-order valence-corrected chi connectivity index (χ1v) is 6.14. The van der Waals surface area contributed by atoms with Crippen molar-refractivity contribution in [1.82, 2.24) is 14.8 Å². The number of hydrogen-bond acceptors (Lipinski definition) is 3. The maximum Gasteiger partial charge on any atom is 0.185 e. The molecule has 2 heterocycles. The molecule has 5 heteroatoms. The number of aromatic nitrogens is 3. The number of aryl methyl sites for hydroxylation is 2. The van der Waals surface area contributed by atoms with E-state index in [1.807, 2.05) is 13.0 Å². The predicted octanol–water partition coefficient (Wildman–Crippen LogP) is 2.46. The van der Waals surface area contributed by atoms with Crippen LogP contribution in [0.3, 0.4) is 0 Å². The first-order chi connectivity index (χ1) is 8.61. The molecule has 0 saturated carbocycles. The zero-order valence-electron chi connectivity index (χ0n) is 10.4. The first-order valence-electron chi connectivity index (χ1n) is 5.76. The highest BCUT2D eigenvalue weighted by Gasteiger charge is 2.14. The molecule has 4 nitrogen and oxygen atoms in total. The highest BCUT2D eigenvalue weighted by molar-refractivity contribution is 6.31. The van der Waals surface area contributed by atoms with Gasteiger partial charge in [-0.1, -0.05) is 18.5 Å². The molecule has 0 aromatic carbocycles. The van der Waals surface area contributed by atoms with Crippen molar-refractivity contribution < 1.29 is 4.79 Å². The lowest BCUT2D eigenvalue weighted by Crippen LogP contribution is -2.09. The largest absolute Gasteiger partial charge is 0.292 e. The van der Waals surface area contributed by atoms with Crippen molar-refractivity contribution in [2.45, 2.75) is 19.8 Å². The second kappa shape index (κ2) is 5.31. The molecule has 2 aromatic heterocycles. The van der Waals surface area contributed by atoms with E-state index in [4.69, 9.17) is 11.6 Å². The van der Waals surface area contributed by atoms with E-state index < -0.39 is 0 Å². The van der Waals surface area contributed by atoms with Crippen molar-refractivity contribution in [3.8, 4) is 0 Å². The molecule has 0 N–H and O–H groups in total. The summed E-state index contributed by atoms with van der Waals surface area (Å²) in [4.78, 5) is 16.1. The lowest BCUT2D eigenvalue weighted by atomic mass is 10.1. The van der Waals surface area contributed by atoms with Crippen LogP contribution in [-0.2, 0) is 19.9 Å². The quantitative estimate of drug-likeness (QED) is 0.796. The summed E-state index contributed by atoms with van der Waals surface area (Å²) < 4.78 is 1.62. The summed E-state index contributed by atoms with van der Waals surface area (Å²) in [5.74, 6) is 0.0119. The summed E-state index contributed by atoms with van der Waals surface area (Å²) in [5, 5.41) is 4.78. The van der Waals surface area contributed by atoms with E-state index in [2.05, 4.69) is 10.1 Å². The third kappa shape index (κ3) is 2.59. The van der Waals surface area contributed by atoms with Gasteiger partial charge in [-0.3, -0.25) is 14.5 Å². The molecule has 18 heavy (non-hydrogen) atoms. The van der Waals surface area contributed by atoms with Gasteiger partial charge in [0.15, 0.2) is 5.78 Å². The maximum atomic E-state index is 12.2. The number of carbonyl (C=O) groups is 1. The van der Waals surface area contributed by atoms with Gasteiger partial charge in [-0.05, 0) is 24.1 Å². The van der Waals surface area contributed by atoms with Gasteiger partial charge in [0.05, 0.1) is 10.7 Å². The van der Waals surface area contributed by atoms with Crippen LogP contribution in [0.2, 0.25) is 5.02 Å². The Hall–Kier alpha value is -1.68. The number of pyridine rings is 1. The van der Waals surface area contributed by atoms with E-state index in [1.54, 1.807) is 30.2 Å². The summed E-state index contributed by atoms with van der Waals surface area (Å²) in [6, 6.07) is 3.59. The monoisotopic (exact) mass is 263 g/mol. The molecule has 0 radical (unpaired) electrons. The van der Waals surface area contributed by atoms with Crippen LogP contribution in [-0.4, -0.2) is 20.5 Å². The molecule has 0 saturated heterocycles. The number of ketones is 1. The smallest absolute Gasteiger partial charge is 0.185 e. The molecule has 0 spiro atoms. The first kappa shape index (κ1) is 12.8. The van der Waals surface area contributed by atoms with Gasteiger partial charge in [0, 0.05) is 25.9 Å². The zero-order chi connectivity index (χ0) is 13.1. The Morgan fingerprint density at radius 3 is 2.89 bits per heavy atom. The van der Waals surface area contributed by atoms with Crippen LogP contribution in [0.25, 0.3) is 0 Å². The minimum absolute atomic E-state index is 0.0119.